The van der Waals surface area contributed by atoms with Gasteiger partial charge < -0.3 is 15.0 Å². The highest BCUT2D eigenvalue weighted by Gasteiger charge is 2.19. The van der Waals surface area contributed by atoms with Crippen molar-refractivity contribution in [1.29, 1.82) is 0 Å². The zero-order valence-corrected chi connectivity index (χ0v) is 19.4. The lowest BCUT2D eigenvalue weighted by atomic mass is 10.0. The average molecular weight is 459 g/mol. The van der Waals surface area contributed by atoms with Crippen LogP contribution in [0.15, 0.2) is 77.8 Å². The molecule has 5 rings (SSSR count). The number of aromatic nitrogens is 1. The third kappa shape index (κ3) is 4.81. The number of nitrogens with zero attached hydrogens (tertiary/aromatic N) is 3. The van der Waals surface area contributed by atoms with Crippen LogP contribution in [-0.4, -0.2) is 58.8 Å². The molecule has 4 aromatic rings. The Morgan fingerprint density at radius 3 is 2.42 bits per heavy atom. The van der Waals surface area contributed by atoms with Crippen molar-refractivity contribution in [2.75, 3.05) is 33.2 Å². The molecule has 5 nitrogen and oxygen atoms in total. The van der Waals surface area contributed by atoms with Crippen LogP contribution in [0, 0.1) is 0 Å². The molecular formula is C27H27ClN4O. The molecule has 0 aliphatic carbocycles. The van der Waals surface area contributed by atoms with Crippen molar-refractivity contribution in [2.24, 2.45) is 4.99 Å². The van der Waals surface area contributed by atoms with Gasteiger partial charge in [0.1, 0.15) is 0 Å². The lowest BCUT2D eigenvalue weighted by Gasteiger charge is -2.32. The van der Waals surface area contributed by atoms with Crippen LogP contribution in [0.3, 0.4) is 0 Å². The molecule has 0 spiro atoms. The Labute approximate surface area is 198 Å². The number of aromatic hydroxyl groups is 1. The number of hydrogen-bond acceptors (Lipinski definition) is 4. The number of aromatic amines is 1. The van der Waals surface area contributed by atoms with Crippen molar-refractivity contribution in [2.45, 2.75) is 6.54 Å². The van der Waals surface area contributed by atoms with Gasteiger partial charge >= 0.3 is 0 Å². The van der Waals surface area contributed by atoms with E-state index in [4.69, 9.17) is 16.6 Å². The Kier molecular flexibility index (Phi) is 6.18. The van der Waals surface area contributed by atoms with Crippen LogP contribution in [-0.2, 0) is 6.54 Å². The van der Waals surface area contributed by atoms with Crippen molar-refractivity contribution in [1.82, 2.24) is 14.8 Å². The number of halogens is 1. The van der Waals surface area contributed by atoms with Crippen LogP contribution >= 0.6 is 11.6 Å². The van der Waals surface area contributed by atoms with Crippen molar-refractivity contribution in [3.63, 3.8) is 0 Å². The Morgan fingerprint density at radius 1 is 0.970 bits per heavy atom. The molecule has 2 heterocycles. The van der Waals surface area contributed by atoms with E-state index in [9.17, 15) is 5.11 Å². The molecule has 1 fully saturated rings. The second kappa shape index (κ2) is 9.40. The van der Waals surface area contributed by atoms with E-state index in [1.165, 1.54) is 5.56 Å². The number of nitrogens with one attached hydrogen (secondary N) is 1. The van der Waals surface area contributed by atoms with Gasteiger partial charge in [-0.05, 0) is 36.9 Å². The molecule has 0 atom stereocenters. The van der Waals surface area contributed by atoms with E-state index in [0.29, 0.717) is 16.3 Å². The van der Waals surface area contributed by atoms with Gasteiger partial charge in [-0.15, -0.1) is 0 Å². The summed E-state index contributed by atoms with van der Waals surface area (Å²) < 4.78 is 0. The Hall–Kier alpha value is -3.12. The monoisotopic (exact) mass is 458 g/mol. The molecule has 0 radical (unpaired) electrons. The Balaban J connectivity index is 1.49. The summed E-state index contributed by atoms with van der Waals surface area (Å²) >= 11 is 6.16. The number of rotatable bonds is 5. The fraction of sp³-hybridized carbons (Fsp3) is 0.222. The first-order valence-corrected chi connectivity index (χ1v) is 11.6. The Morgan fingerprint density at radius 2 is 1.70 bits per heavy atom. The second-order valence-electron chi connectivity index (χ2n) is 8.61. The second-order valence-corrected chi connectivity index (χ2v) is 9.05. The summed E-state index contributed by atoms with van der Waals surface area (Å²) in [4.78, 5) is 12.9. The van der Waals surface area contributed by atoms with Gasteiger partial charge in [0.05, 0.1) is 22.5 Å². The maximum Gasteiger partial charge on any atom is 0.199 e. The third-order valence-corrected chi connectivity index (χ3v) is 6.44. The van der Waals surface area contributed by atoms with Gasteiger partial charge in [0, 0.05) is 48.7 Å². The molecule has 2 N–H and O–H groups in total. The molecular weight excluding hydrogens is 432 g/mol. The number of benzene rings is 3. The zero-order valence-electron chi connectivity index (χ0n) is 18.6. The molecule has 1 saturated heterocycles. The van der Waals surface area contributed by atoms with E-state index in [1.807, 2.05) is 48.5 Å². The van der Waals surface area contributed by atoms with Gasteiger partial charge in [-0.3, -0.25) is 4.90 Å². The van der Waals surface area contributed by atoms with Crippen molar-refractivity contribution in [3.8, 4) is 5.88 Å². The molecule has 1 aliphatic rings. The van der Waals surface area contributed by atoms with E-state index < -0.39 is 0 Å². The minimum atomic E-state index is 0.0848. The standard InChI is InChI=1S/C27H27ClN4O/c1-31-13-15-32(16-14-31)18-19-7-10-22(11-8-19)29-26(20-5-3-2-4-6-20)25-23-12-9-21(28)17-24(23)30-27(25)33/h2-12,17,30,33H,13-16,18H2,1H3. The summed E-state index contributed by atoms with van der Waals surface area (Å²) in [6, 6.07) is 23.9. The summed E-state index contributed by atoms with van der Waals surface area (Å²) in [6.45, 7) is 5.37. The SMILES string of the molecule is CN1CCN(Cc2ccc(N=C(c3ccccc3)c3c(O)[nH]c4cc(Cl)ccc34)cc2)CC1. The van der Waals surface area contributed by atoms with Gasteiger partial charge in [-0.25, -0.2) is 4.99 Å². The molecule has 0 bridgehead atoms. The molecule has 1 aromatic heterocycles. The third-order valence-electron chi connectivity index (χ3n) is 6.20. The van der Waals surface area contributed by atoms with E-state index >= 15 is 0 Å². The normalized spacial score (nSPS) is 15.9. The van der Waals surface area contributed by atoms with Crippen LogP contribution < -0.4 is 0 Å². The highest BCUT2D eigenvalue weighted by molar-refractivity contribution is 6.31. The fourth-order valence-electron chi connectivity index (χ4n) is 4.33. The lowest BCUT2D eigenvalue weighted by molar-refractivity contribution is 0.148. The number of piperazine rings is 1. The maximum absolute atomic E-state index is 10.8. The number of hydrogen-bond donors (Lipinski definition) is 2. The van der Waals surface area contributed by atoms with Crippen molar-refractivity contribution < 1.29 is 5.11 Å². The van der Waals surface area contributed by atoms with Gasteiger partial charge in [-0.1, -0.05) is 60.1 Å². The molecule has 168 valence electrons. The number of fused-ring (bicyclic) bond motifs is 1. The minimum Gasteiger partial charge on any atom is -0.494 e. The smallest absolute Gasteiger partial charge is 0.199 e. The van der Waals surface area contributed by atoms with E-state index in [2.05, 4.69) is 46.1 Å². The Bertz CT molecular complexity index is 1270. The molecule has 3 aromatic carbocycles. The number of H-pyrrole nitrogens is 1. The molecule has 0 saturated carbocycles. The summed E-state index contributed by atoms with van der Waals surface area (Å²) in [5.74, 6) is 0.0848. The zero-order chi connectivity index (χ0) is 22.8. The van der Waals surface area contributed by atoms with Crippen LogP contribution in [0.1, 0.15) is 16.7 Å². The molecule has 0 unspecified atom stereocenters. The molecule has 1 aliphatic heterocycles. The summed E-state index contributed by atoms with van der Waals surface area (Å²) in [7, 11) is 2.18. The first kappa shape index (κ1) is 21.7. The summed E-state index contributed by atoms with van der Waals surface area (Å²) in [5.41, 5.74) is 5.23. The quantitative estimate of drug-likeness (QED) is 0.391. The fourth-order valence-corrected chi connectivity index (χ4v) is 4.50. The predicted octanol–water partition coefficient (Wildman–Crippen LogP) is 5.44. The first-order valence-electron chi connectivity index (χ1n) is 11.2. The molecule has 6 heteroatoms. The van der Waals surface area contributed by atoms with Crippen LogP contribution in [0.4, 0.5) is 5.69 Å². The maximum atomic E-state index is 10.8. The average Bonchev–Trinajstić information content (AvgIpc) is 3.15. The lowest BCUT2D eigenvalue weighted by Crippen LogP contribution is -2.43. The minimum absolute atomic E-state index is 0.0848. The molecule has 33 heavy (non-hydrogen) atoms. The van der Waals surface area contributed by atoms with E-state index in [1.54, 1.807) is 0 Å². The molecule has 0 amide bonds. The highest BCUT2D eigenvalue weighted by Crippen LogP contribution is 2.33. The van der Waals surface area contributed by atoms with Gasteiger partial charge in [0.25, 0.3) is 0 Å². The van der Waals surface area contributed by atoms with E-state index in [0.717, 1.165) is 54.9 Å². The summed E-state index contributed by atoms with van der Waals surface area (Å²) in [5, 5.41) is 12.3. The number of likely N-dealkylation sites (N-methyl/N-ethyl adjacent to an activating group) is 1. The topological polar surface area (TPSA) is 54.9 Å². The predicted molar refractivity (Wildman–Crippen MR) is 136 cm³/mol. The van der Waals surface area contributed by atoms with Crippen LogP contribution in [0.5, 0.6) is 5.88 Å². The van der Waals surface area contributed by atoms with Crippen molar-refractivity contribution in [3.05, 3.63) is 94.5 Å². The van der Waals surface area contributed by atoms with Gasteiger partial charge in [0.15, 0.2) is 5.88 Å². The van der Waals surface area contributed by atoms with Gasteiger partial charge in [-0.2, -0.15) is 0 Å². The van der Waals surface area contributed by atoms with E-state index in [-0.39, 0.29) is 5.88 Å². The van der Waals surface area contributed by atoms with Crippen LogP contribution in [0.2, 0.25) is 5.02 Å². The summed E-state index contributed by atoms with van der Waals surface area (Å²) in [6.07, 6.45) is 0. The van der Waals surface area contributed by atoms with Crippen LogP contribution in [0.25, 0.3) is 10.9 Å². The number of aliphatic imine (C=N–C) groups is 1. The highest BCUT2D eigenvalue weighted by atomic mass is 35.5. The first-order chi connectivity index (χ1) is 16.1. The van der Waals surface area contributed by atoms with Crippen molar-refractivity contribution >= 4 is 33.9 Å². The van der Waals surface area contributed by atoms with Gasteiger partial charge in [0.2, 0.25) is 0 Å². The largest absolute Gasteiger partial charge is 0.494 e.